The molecule has 0 aliphatic carbocycles. The highest BCUT2D eigenvalue weighted by Gasteiger charge is 2.07. The number of hydrogen-bond acceptors (Lipinski definition) is 4. The van der Waals surface area contributed by atoms with Crippen LogP contribution in [0.25, 0.3) is 0 Å². The molecule has 0 aromatic heterocycles. The minimum Gasteiger partial charge on any atom is -0.338 e. The van der Waals surface area contributed by atoms with E-state index in [1.165, 1.54) is 24.3 Å². The van der Waals surface area contributed by atoms with Crippen molar-refractivity contribution < 1.29 is 13.2 Å². The number of benzene rings is 2. The lowest BCUT2D eigenvalue weighted by Crippen LogP contribution is -2.30. The average molecular weight is 379 g/mol. The fraction of sp³-hybridized carbons (Fsp3) is 0.125. The van der Waals surface area contributed by atoms with E-state index in [0.29, 0.717) is 24.2 Å². The lowest BCUT2D eigenvalue weighted by Gasteiger charge is -2.08. The second-order valence-electron chi connectivity index (χ2n) is 5.13. The second kappa shape index (κ2) is 7.98. The first-order chi connectivity index (χ1) is 11.8. The maximum atomic E-state index is 11.8. The van der Waals surface area contributed by atoms with Crippen molar-refractivity contribution in [3.05, 3.63) is 58.6 Å². The molecule has 0 bridgehead atoms. The van der Waals surface area contributed by atoms with Crippen molar-refractivity contribution in [1.82, 2.24) is 5.32 Å². The Bertz CT molecular complexity index is 921. The van der Waals surface area contributed by atoms with Crippen LogP contribution < -0.4 is 15.8 Å². The molecule has 2 aromatic rings. The summed E-state index contributed by atoms with van der Waals surface area (Å²) >= 11 is 5.90. The summed E-state index contributed by atoms with van der Waals surface area (Å²) in [7, 11) is -3.71. The van der Waals surface area contributed by atoms with Gasteiger partial charge in [-0.3, -0.25) is 0 Å². The minimum absolute atomic E-state index is 0.0413. The second-order valence-corrected chi connectivity index (χ2v) is 7.09. The summed E-state index contributed by atoms with van der Waals surface area (Å²) in [6.07, 6.45) is 0.520. The van der Waals surface area contributed by atoms with Gasteiger partial charge >= 0.3 is 6.03 Å². The monoisotopic (exact) mass is 378 g/mol. The third-order valence-electron chi connectivity index (χ3n) is 3.30. The number of amides is 2. The van der Waals surface area contributed by atoms with Crippen molar-refractivity contribution in [2.45, 2.75) is 11.3 Å². The molecule has 0 heterocycles. The molecule has 130 valence electrons. The summed E-state index contributed by atoms with van der Waals surface area (Å²) in [6, 6.07) is 12.2. The van der Waals surface area contributed by atoms with Gasteiger partial charge in [0.2, 0.25) is 10.0 Å². The predicted octanol–water partition coefficient (Wildman–Crippen LogP) is 2.22. The highest BCUT2D eigenvalue weighted by Crippen LogP contribution is 2.20. The van der Waals surface area contributed by atoms with E-state index in [9.17, 15) is 13.2 Å². The van der Waals surface area contributed by atoms with Crippen LogP contribution in [0.5, 0.6) is 0 Å². The first-order valence-corrected chi connectivity index (χ1v) is 9.08. The largest absolute Gasteiger partial charge is 0.338 e. The van der Waals surface area contributed by atoms with Gasteiger partial charge in [-0.05, 0) is 42.3 Å². The number of sulfonamides is 1. The molecule has 9 heteroatoms. The Morgan fingerprint density at radius 2 is 1.88 bits per heavy atom. The van der Waals surface area contributed by atoms with E-state index >= 15 is 0 Å². The topological polar surface area (TPSA) is 125 Å². The van der Waals surface area contributed by atoms with Gasteiger partial charge in [0.25, 0.3) is 0 Å². The molecular formula is C16H15ClN4O3S. The molecule has 0 saturated heterocycles. The summed E-state index contributed by atoms with van der Waals surface area (Å²) < 4.78 is 22.3. The molecule has 0 unspecified atom stereocenters. The number of nitriles is 1. The summed E-state index contributed by atoms with van der Waals surface area (Å²) in [5.41, 5.74) is 1.66. The molecule has 2 rings (SSSR count). The molecular weight excluding hydrogens is 364 g/mol. The van der Waals surface area contributed by atoms with Gasteiger partial charge in [0.15, 0.2) is 0 Å². The van der Waals surface area contributed by atoms with Crippen LogP contribution >= 0.6 is 11.6 Å². The fourth-order valence-corrected chi connectivity index (χ4v) is 2.76. The first-order valence-electron chi connectivity index (χ1n) is 7.16. The van der Waals surface area contributed by atoms with Crippen molar-refractivity contribution in [3.63, 3.8) is 0 Å². The van der Waals surface area contributed by atoms with Crippen LogP contribution in [0.1, 0.15) is 11.1 Å². The van der Waals surface area contributed by atoms with Gasteiger partial charge in [-0.2, -0.15) is 5.26 Å². The van der Waals surface area contributed by atoms with E-state index in [1.807, 2.05) is 6.07 Å². The lowest BCUT2D eigenvalue weighted by molar-refractivity contribution is 0.252. The van der Waals surface area contributed by atoms with Gasteiger partial charge < -0.3 is 10.6 Å². The van der Waals surface area contributed by atoms with E-state index in [4.69, 9.17) is 22.0 Å². The number of anilines is 1. The van der Waals surface area contributed by atoms with Gasteiger partial charge in [-0.25, -0.2) is 18.4 Å². The van der Waals surface area contributed by atoms with Crippen LogP contribution in [0.2, 0.25) is 5.02 Å². The maximum Gasteiger partial charge on any atom is 0.319 e. The van der Waals surface area contributed by atoms with E-state index in [0.717, 1.165) is 5.56 Å². The number of nitrogens with two attached hydrogens (primary N) is 1. The number of halogens is 1. The van der Waals surface area contributed by atoms with Crippen LogP contribution in [-0.4, -0.2) is 21.0 Å². The van der Waals surface area contributed by atoms with Crippen molar-refractivity contribution >= 4 is 33.3 Å². The number of urea groups is 1. The molecule has 2 amide bonds. The third kappa shape index (κ3) is 5.46. The van der Waals surface area contributed by atoms with E-state index < -0.39 is 16.1 Å². The molecule has 0 aliphatic heterocycles. The molecule has 4 N–H and O–H groups in total. The van der Waals surface area contributed by atoms with Crippen LogP contribution in [-0.2, 0) is 16.4 Å². The predicted molar refractivity (Wildman–Crippen MR) is 94.7 cm³/mol. The maximum absolute atomic E-state index is 11.8. The van der Waals surface area contributed by atoms with E-state index in [1.54, 1.807) is 18.2 Å². The Morgan fingerprint density at radius 3 is 2.44 bits per heavy atom. The number of carbonyl (C=O) groups is 1. The lowest BCUT2D eigenvalue weighted by atomic mass is 10.1. The molecule has 0 aliphatic rings. The minimum atomic E-state index is -3.71. The smallest absolute Gasteiger partial charge is 0.319 e. The number of nitrogens with zero attached hydrogens (tertiary/aromatic N) is 1. The number of nitrogens with one attached hydrogen (secondary N) is 2. The van der Waals surface area contributed by atoms with Gasteiger partial charge in [0.1, 0.15) is 6.07 Å². The van der Waals surface area contributed by atoms with Crippen LogP contribution in [0.15, 0.2) is 47.4 Å². The van der Waals surface area contributed by atoms with E-state index in [2.05, 4.69) is 10.6 Å². The normalized spacial score (nSPS) is 10.8. The Morgan fingerprint density at radius 1 is 1.20 bits per heavy atom. The zero-order valence-electron chi connectivity index (χ0n) is 13.0. The fourth-order valence-electron chi connectivity index (χ4n) is 2.02. The molecule has 0 spiro atoms. The van der Waals surface area contributed by atoms with E-state index in [-0.39, 0.29) is 9.92 Å². The number of hydrogen-bond donors (Lipinski definition) is 3. The van der Waals surface area contributed by atoms with Crippen LogP contribution in [0.4, 0.5) is 10.5 Å². The Labute approximate surface area is 150 Å². The summed E-state index contributed by atoms with van der Waals surface area (Å²) in [5, 5.41) is 19.4. The van der Waals surface area contributed by atoms with Crippen LogP contribution in [0, 0.1) is 11.3 Å². The summed E-state index contributed by atoms with van der Waals surface area (Å²) in [6.45, 7) is 0.352. The van der Waals surface area contributed by atoms with Crippen molar-refractivity contribution in [2.24, 2.45) is 5.14 Å². The van der Waals surface area contributed by atoms with Gasteiger partial charge in [-0.15, -0.1) is 0 Å². The van der Waals surface area contributed by atoms with Crippen molar-refractivity contribution in [2.75, 3.05) is 11.9 Å². The Balaban J connectivity index is 1.84. The number of carbonyl (C=O) groups excluding carboxylic acids is 1. The third-order valence-corrected chi connectivity index (χ3v) is 4.54. The number of primary sulfonamides is 1. The van der Waals surface area contributed by atoms with Crippen molar-refractivity contribution in [1.29, 1.82) is 5.26 Å². The molecule has 7 nitrogen and oxygen atoms in total. The Kier molecular flexibility index (Phi) is 5.98. The van der Waals surface area contributed by atoms with Crippen LogP contribution in [0.3, 0.4) is 0 Å². The molecule has 0 fully saturated rings. The quantitative estimate of drug-likeness (QED) is 0.737. The summed E-state index contributed by atoms with van der Waals surface area (Å²) in [4.78, 5) is 11.9. The Hall–Kier alpha value is -2.60. The highest BCUT2D eigenvalue weighted by atomic mass is 35.5. The zero-order chi connectivity index (χ0) is 18.4. The van der Waals surface area contributed by atoms with Gasteiger partial charge in [0.05, 0.1) is 15.5 Å². The van der Waals surface area contributed by atoms with Gasteiger partial charge in [-0.1, -0.05) is 23.7 Å². The van der Waals surface area contributed by atoms with Crippen molar-refractivity contribution in [3.8, 4) is 6.07 Å². The van der Waals surface area contributed by atoms with Gasteiger partial charge in [0, 0.05) is 12.2 Å². The highest BCUT2D eigenvalue weighted by molar-refractivity contribution is 7.89. The molecule has 25 heavy (non-hydrogen) atoms. The average Bonchev–Trinajstić information content (AvgIpc) is 2.54. The molecule has 0 saturated carbocycles. The molecule has 2 aromatic carbocycles. The molecule has 0 radical (unpaired) electrons. The zero-order valence-corrected chi connectivity index (χ0v) is 14.6. The molecule has 0 atom stereocenters. The number of rotatable bonds is 5. The SMILES string of the molecule is N#Cc1ccc(NC(=O)NCCc2ccc(S(N)(=O)=O)cc2)cc1Cl. The standard InChI is InChI=1S/C16H15ClN4O3S/c17-15-9-13(4-3-12(15)10-18)21-16(22)20-8-7-11-1-5-14(6-2-11)25(19,23)24/h1-6,9H,7-8H2,(H2,19,23,24)(H2,20,21,22). The first kappa shape index (κ1) is 18.7. The summed E-state index contributed by atoms with van der Waals surface area (Å²) in [5.74, 6) is 0.